The minimum absolute atomic E-state index is 0. The fourth-order valence-corrected chi connectivity index (χ4v) is 6.00. The van der Waals surface area contributed by atoms with Gasteiger partial charge in [0.05, 0.1) is 31.1 Å². The maximum atomic E-state index is 11.9. The molecule has 0 saturated carbocycles. The summed E-state index contributed by atoms with van der Waals surface area (Å²) in [5, 5.41) is 36.7. The number of phenols is 3. The van der Waals surface area contributed by atoms with E-state index in [1.807, 2.05) is 0 Å². The summed E-state index contributed by atoms with van der Waals surface area (Å²) in [7, 11) is -20.2. The molecule has 4 aromatic carbocycles. The molecule has 0 aliphatic rings. The Morgan fingerprint density at radius 2 is 0.844 bits per heavy atom. The van der Waals surface area contributed by atoms with Gasteiger partial charge in [-0.15, -0.1) is 10.2 Å². The first-order chi connectivity index (χ1) is 18.6. The molecule has 4 radical (unpaired) electrons. The standard InChI is InChI=1S/C20H14N2O15S4.4Na/c23-14-6-11(39(29,30)31)2-8-1-10(38(26,27)28)5-13(17(8)14)21-22-19-18-9(4-16(20(19)25)41(35,36)37)3-12(7-15(18)24)40(32,33)34;;;;/h1-7,23-25H,(H,26,27,28)(H,29,30,31)(H,32,33,34)(H,35,36,37);;;;. The molecule has 222 valence electrons. The Hall–Kier alpha value is 0.0400. The van der Waals surface area contributed by atoms with Gasteiger partial charge in [-0.25, -0.2) is 0 Å². The third-order valence-electron chi connectivity index (χ3n) is 5.49. The summed E-state index contributed by atoms with van der Waals surface area (Å²) in [6, 6.07) is 4.26. The summed E-state index contributed by atoms with van der Waals surface area (Å²) in [6.45, 7) is 0. The zero-order chi connectivity index (χ0) is 30.9. The molecule has 0 spiro atoms. The van der Waals surface area contributed by atoms with Crippen molar-refractivity contribution in [2.24, 2.45) is 10.2 Å². The number of fused-ring (bicyclic) bond motifs is 2. The number of phenolic OH excluding ortho intramolecular Hbond substituents is 3. The SMILES string of the molecule is O=S(=O)(O)c1cc(O)c2c(N=Nc3c(O)c(S(=O)(=O)O)cc4cc(S(=O)(=O)O)cc(O)c34)cc(S(=O)(=O)O)cc2c1.[Na].[Na].[Na].[Na]. The van der Waals surface area contributed by atoms with Crippen LogP contribution in [0.2, 0.25) is 0 Å². The van der Waals surface area contributed by atoms with Gasteiger partial charge in [-0.1, -0.05) is 0 Å². The van der Waals surface area contributed by atoms with Gasteiger partial charge in [0.2, 0.25) is 0 Å². The van der Waals surface area contributed by atoms with Gasteiger partial charge in [0.25, 0.3) is 40.5 Å². The fourth-order valence-electron chi connectivity index (χ4n) is 3.78. The van der Waals surface area contributed by atoms with Crippen molar-refractivity contribution < 1.29 is 67.2 Å². The molecule has 25 heteroatoms. The van der Waals surface area contributed by atoms with Crippen molar-refractivity contribution in [2.75, 3.05) is 0 Å². The van der Waals surface area contributed by atoms with Crippen LogP contribution in [-0.2, 0) is 40.5 Å². The molecule has 0 unspecified atom stereocenters. The molecule has 0 amide bonds. The van der Waals surface area contributed by atoms with Crippen LogP contribution >= 0.6 is 0 Å². The monoisotopic (exact) mass is 742 g/mol. The zero-order valence-corrected chi connectivity index (χ0v) is 34.7. The summed E-state index contributed by atoms with van der Waals surface area (Å²) in [6.07, 6.45) is 0. The second-order valence-corrected chi connectivity index (χ2v) is 13.9. The summed E-state index contributed by atoms with van der Waals surface area (Å²) in [5.74, 6) is -3.25. The van der Waals surface area contributed by atoms with Crippen LogP contribution < -0.4 is 0 Å². The fraction of sp³-hybridized carbons (Fsp3) is 0. The maximum Gasteiger partial charge on any atom is 0.298 e. The van der Waals surface area contributed by atoms with E-state index in [4.69, 9.17) is 0 Å². The number of rotatable bonds is 6. The number of hydrogen-bond donors (Lipinski definition) is 7. The Morgan fingerprint density at radius 1 is 0.467 bits per heavy atom. The molecule has 4 aromatic rings. The third-order valence-corrected chi connectivity index (χ3v) is 8.85. The number of aromatic hydroxyl groups is 3. The molecule has 0 fully saturated rings. The molecule has 0 saturated heterocycles. The van der Waals surface area contributed by atoms with E-state index in [1.165, 1.54) is 0 Å². The van der Waals surface area contributed by atoms with E-state index in [-0.39, 0.29) is 118 Å². The van der Waals surface area contributed by atoms with E-state index >= 15 is 0 Å². The normalized spacial score (nSPS) is 12.2. The van der Waals surface area contributed by atoms with Crippen molar-refractivity contribution >= 4 is 192 Å². The summed E-state index contributed by atoms with van der Waals surface area (Å²) >= 11 is 0. The van der Waals surface area contributed by atoms with Crippen LogP contribution in [0, 0.1) is 0 Å². The molecule has 7 N–H and O–H groups in total. The van der Waals surface area contributed by atoms with Crippen LogP contribution in [0.25, 0.3) is 21.5 Å². The van der Waals surface area contributed by atoms with Gasteiger partial charge < -0.3 is 15.3 Å². The molecule has 0 atom stereocenters. The van der Waals surface area contributed by atoms with E-state index in [0.29, 0.717) is 42.5 Å². The van der Waals surface area contributed by atoms with E-state index < -0.39 is 110 Å². The molecule has 0 heterocycles. The van der Waals surface area contributed by atoms with Crippen molar-refractivity contribution in [1.29, 1.82) is 0 Å². The van der Waals surface area contributed by atoms with Crippen LogP contribution in [0.15, 0.2) is 72.3 Å². The summed E-state index contributed by atoms with van der Waals surface area (Å²) in [5.41, 5.74) is -1.61. The Bertz CT molecular complexity index is 2290. The van der Waals surface area contributed by atoms with Crippen molar-refractivity contribution in [3.63, 3.8) is 0 Å². The smallest absolute Gasteiger partial charge is 0.298 e. The average molecular weight is 743 g/mol. The minimum Gasteiger partial charge on any atom is -0.507 e. The molecule has 0 bridgehead atoms. The quantitative estimate of drug-likeness (QED) is 0.0823. The van der Waals surface area contributed by atoms with Gasteiger partial charge in [0.1, 0.15) is 22.1 Å². The Labute approximate surface area is 343 Å². The number of nitrogens with zero attached hydrogens (tertiary/aromatic N) is 2. The van der Waals surface area contributed by atoms with Crippen molar-refractivity contribution in [3.8, 4) is 17.2 Å². The van der Waals surface area contributed by atoms with E-state index in [9.17, 15) is 67.2 Å². The molecule has 0 aliphatic heterocycles. The molecule has 0 aliphatic carbocycles. The van der Waals surface area contributed by atoms with Crippen LogP contribution in [0.1, 0.15) is 0 Å². The summed E-state index contributed by atoms with van der Waals surface area (Å²) < 4.78 is 131. The largest absolute Gasteiger partial charge is 0.507 e. The first-order valence-electron chi connectivity index (χ1n) is 10.2. The second-order valence-electron chi connectivity index (χ2n) is 8.20. The maximum absolute atomic E-state index is 11.9. The van der Waals surface area contributed by atoms with Gasteiger partial charge in [-0.05, 0) is 41.1 Å². The average Bonchev–Trinajstić information content (AvgIpc) is 2.80. The van der Waals surface area contributed by atoms with Crippen LogP contribution in [-0.4, -0.2) is 185 Å². The van der Waals surface area contributed by atoms with Crippen molar-refractivity contribution in [2.45, 2.75) is 19.6 Å². The van der Waals surface area contributed by atoms with Gasteiger partial charge in [-0.2, -0.15) is 33.7 Å². The Morgan fingerprint density at radius 3 is 1.24 bits per heavy atom. The second kappa shape index (κ2) is 15.7. The molecular weight excluding hydrogens is 728 g/mol. The van der Waals surface area contributed by atoms with Crippen molar-refractivity contribution in [3.05, 3.63) is 42.5 Å². The molecule has 0 aromatic heterocycles. The Balaban J connectivity index is 0.00000484. The Kier molecular flexibility index (Phi) is 15.7. The molecular formula is C20H14N2Na4O15S4. The van der Waals surface area contributed by atoms with Gasteiger partial charge in [-0.3, -0.25) is 18.2 Å². The van der Waals surface area contributed by atoms with Gasteiger partial charge in [0, 0.05) is 130 Å². The first-order valence-corrected chi connectivity index (χ1v) is 16.0. The number of azo groups is 1. The van der Waals surface area contributed by atoms with Crippen LogP contribution in [0.4, 0.5) is 11.4 Å². The van der Waals surface area contributed by atoms with Gasteiger partial charge in [0.15, 0.2) is 5.75 Å². The minimum atomic E-state index is -5.26. The number of benzene rings is 4. The van der Waals surface area contributed by atoms with Crippen LogP contribution in [0.3, 0.4) is 0 Å². The molecule has 45 heavy (non-hydrogen) atoms. The third kappa shape index (κ3) is 9.82. The predicted octanol–water partition coefficient (Wildman–Crippen LogP) is 0.989. The van der Waals surface area contributed by atoms with Crippen molar-refractivity contribution in [1.82, 2.24) is 0 Å². The van der Waals surface area contributed by atoms with Crippen LogP contribution in [0.5, 0.6) is 17.2 Å². The van der Waals surface area contributed by atoms with Gasteiger partial charge >= 0.3 is 0 Å². The van der Waals surface area contributed by atoms with E-state index in [0.717, 1.165) is 0 Å². The molecule has 17 nitrogen and oxygen atoms in total. The first kappa shape index (κ1) is 45.0. The summed E-state index contributed by atoms with van der Waals surface area (Å²) in [4.78, 5) is -4.00. The topological polar surface area (TPSA) is 303 Å². The predicted molar refractivity (Wildman–Crippen MR) is 159 cm³/mol. The van der Waals surface area contributed by atoms with E-state index in [2.05, 4.69) is 10.2 Å². The van der Waals surface area contributed by atoms with E-state index in [1.54, 1.807) is 0 Å². The number of hydrogen-bond acceptors (Lipinski definition) is 13. The zero-order valence-electron chi connectivity index (χ0n) is 23.5. The molecule has 4 rings (SSSR count).